The van der Waals surface area contributed by atoms with Crippen LogP contribution in [-0.2, 0) is 0 Å². The summed E-state index contributed by atoms with van der Waals surface area (Å²) in [5, 5.41) is 3.82. The van der Waals surface area contributed by atoms with Crippen molar-refractivity contribution in [3.63, 3.8) is 0 Å². The van der Waals surface area contributed by atoms with Gasteiger partial charge in [-0.1, -0.05) is 33.6 Å². The molecule has 0 aromatic carbocycles. The van der Waals surface area contributed by atoms with E-state index in [4.69, 9.17) is 0 Å². The van der Waals surface area contributed by atoms with Gasteiger partial charge in [0.1, 0.15) is 0 Å². The average molecular weight is 293 g/mol. The van der Waals surface area contributed by atoms with E-state index < -0.39 is 0 Å². The minimum atomic E-state index is 0.489. The van der Waals surface area contributed by atoms with Crippen LogP contribution < -0.4 is 5.32 Å². The second kappa shape index (κ2) is 6.58. The van der Waals surface area contributed by atoms with Crippen molar-refractivity contribution in [1.29, 1.82) is 0 Å². The second-order valence-corrected chi connectivity index (χ2v) is 8.57. The molecule has 2 saturated carbocycles. The van der Waals surface area contributed by atoms with Crippen molar-refractivity contribution in [1.82, 2.24) is 10.2 Å². The van der Waals surface area contributed by atoms with Crippen molar-refractivity contribution in [2.24, 2.45) is 17.3 Å². The Hall–Kier alpha value is -0.0800. The molecule has 21 heavy (non-hydrogen) atoms. The first-order chi connectivity index (χ1) is 10.1. The number of hydrogen-bond donors (Lipinski definition) is 1. The second-order valence-electron chi connectivity index (χ2n) is 8.57. The maximum atomic E-state index is 3.82. The molecule has 0 aromatic rings. The monoisotopic (exact) mass is 292 g/mol. The Morgan fingerprint density at radius 3 is 2.62 bits per heavy atom. The Morgan fingerprint density at radius 2 is 1.81 bits per heavy atom. The zero-order valence-electron chi connectivity index (χ0n) is 14.5. The molecule has 1 aliphatic heterocycles. The number of hydrogen-bond acceptors (Lipinski definition) is 2. The van der Waals surface area contributed by atoms with Crippen molar-refractivity contribution in [3.8, 4) is 0 Å². The zero-order chi connectivity index (χ0) is 14.9. The predicted molar refractivity (Wildman–Crippen MR) is 90.5 cm³/mol. The van der Waals surface area contributed by atoms with Crippen molar-refractivity contribution >= 4 is 0 Å². The fraction of sp³-hybridized carbons (Fsp3) is 1.00. The molecule has 3 aliphatic rings. The molecule has 2 aliphatic carbocycles. The number of rotatable bonds is 4. The number of fused-ring (bicyclic) bond motifs is 1. The predicted octanol–water partition coefficient (Wildman–Crippen LogP) is 4.06. The summed E-state index contributed by atoms with van der Waals surface area (Å²) in [6.07, 6.45) is 11.7. The van der Waals surface area contributed by atoms with Crippen LogP contribution in [0.3, 0.4) is 0 Å². The van der Waals surface area contributed by atoms with E-state index in [1.54, 1.807) is 0 Å². The van der Waals surface area contributed by atoms with Gasteiger partial charge in [0.05, 0.1) is 0 Å². The van der Waals surface area contributed by atoms with Crippen LogP contribution in [0, 0.1) is 17.3 Å². The minimum Gasteiger partial charge on any atom is -0.313 e. The number of likely N-dealkylation sites (tertiary alicyclic amines) is 1. The van der Waals surface area contributed by atoms with Gasteiger partial charge in [-0.3, -0.25) is 4.90 Å². The molecule has 1 heterocycles. The van der Waals surface area contributed by atoms with E-state index in [9.17, 15) is 0 Å². The van der Waals surface area contributed by atoms with Crippen LogP contribution in [0.15, 0.2) is 0 Å². The van der Waals surface area contributed by atoms with Crippen LogP contribution in [0.5, 0.6) is 0 Å². The highest BCUT2D eigenvalue weighted by atomic mass is 15.2. The molecule has 0 amide bonds. The van der Waals surface area contributed by atoms with E-state index in [2.05, 4.69) is 31.0 Å². The first kappa shape index (κ1) is 15.8. The maximum Gasteiger partial charge on any atom is 0.0159 e. The van der Waals surface area contributed by atoms with E-state index in [0.29, 0.717) is 5.41 Å². The van der Waals surface area contributed by atoms with Crippen LogP contribution in [0.25, 0.3) is 0 Å². The van der Waals surface area contributed by atoms with E-state index >= 15 is 0 Å². The summed E-state index contributed by atoms with van der Waals surface area (Å²) in [4.78, 5) is 2.91. The molecule has 0 bridgehead atoms. The third kappa shape index (κ3) is 3.32. The zero-order valence-corrected chi connectivity index (χ0v) is 14.5. The van der Waals surface area contributed by atoms with Gasteiger partial charge in [-0.05, 0) is 68.9 Å². The summed E-state index contributed by atoms with van der Waals surface area (Å²) in [7, 11) is 0. The van der Waals surface area contributed by atoms with Crippen LogP contribution in [0.4, 0.5) is 0 Å². The largest absolute Gasteiger partial charge is 0.313 e. The summed E-state index contributed by atoms with van der Waals surface area (Å²) >= 11 is 0. The van der Waals surface area contributed by atoms with Crippen LogP contribution in [0.1, 0.15) is 72.1 Å². The third-order valence-electron chi connectivity index (χ3n) is 6.72. The van der Waals surface area contributed by atoms with Crippen molar-refractivity contribution in [2.75, 3.05) is 19.6 Å². The summed E-state index contributed by atoms with van der Waals surface area (Å²) in [6.45, 7) is 11.1. The van der Waals surface area contributed by atoms with Gasteiger partial charge in [0.15, 0.2) is 0 Å². The molecule has 0 spiro atoms. The van der Waals surface area contributed by atoms with Gasteiger partial charge in [0.2, 0.25) is 0 Å². The number of nitrogens with one attached hydrogen (secondary N) is 1. The molecule has 3 rings (SSSR count). The lowest BCUT2D eigenvalue weighted by atomic mass is 9.77. The van der Waals surface area contributed by atoms with Crippen LogP contribution in [-0.4, -0.2) is 36.6 Å². The molecule has 1 N–H and O–H groups in total. The van der Waals surface area contributed by atoms with Gasteiger partial charge in [0.25, 0.3) is 0 Å². The Bertz CT molecular complexity index is 336. The summed E-state index contributed by atoms with van der Waals surface area (Å²) in [5.74, 6) is 1.90. The van der Waals surface area contributed by atoms with Crippen LogP contribution >= 0.6 is 0 Å². The number of piperidine rings is 1. The van der Waals surface area contributed by atoms with Gasteiger partial charge in [0, 0.05) is 18.6 Å². The van der Waals surface area contributed by atoms with Crippen molar-refractivity contribution in [3.05, 3.63) is 0 Å². The quantitative estimate of drug-likeness (QED) is 0.841. The van der Waals surface area contributed by atoms with Crippen LogP contribution in [0.2, 0.25) is 0 Å². The van der Waals surface area contributed by atoms with E-state index in [1.807, 2.05) is 0 Å². The maximum absolute atomic E-state index is 3.82. The van der Waals surface area contributed by atoms with E-state index in [-0.39, 0.29) is 0 Å². The molecule has 2 heteroatoms. The van der Waals surface area contributed by atoms with E-state index in [0.717, 1.165) is 30.5 Å². The third-order valence-corrected chi connectivity index (χ3v) is 6.72. The molecule has 4 atom stereocenters. The Balaban J connectivity index is 1.64. The number of nitrogens with zero attached hydrogens (tertiary/aromatic N) is 1. The molecule has 2 nitrogen and oxygen atoms in total. The lowest BCUT2D eigenvalue weighted by Gasteiger charge is -2.46. The molecule has 0 aromatic heterocycles. The normalized spacial score (nSPS) is 40.1. The molecule has 122 valence electrons. The van der Waals surface area contributed by atoms with Gasteiger partial charge < -0.3 is 5.32 Å². The highest BCUT2D eigenvalue weighted by molar-refractivity contribution is 4.98. The van der Waals surface area contributed by atoms with Crippen molar-refractivity contribution in [2.45, 2.75) is 84.2 Å². The van der Waals surface area contributed by atoms with Gasteiger partial charge in [-0.25, -0.2) is 0 Å². The SMILES string of the molecule is CCNC1C(CN2CCC[C@H]3CCCC[C@H]32)CCC1(C)C. The summed E-state index contributed by atoms with van der Waals surface area (Å²) < 4.78 is 0. The molecule has 2 unspecified atom stereocenters. The standard InChI is InChI=1S/C19H36N2/c1-4-20-18-16(11-12-19(18,2)3)14-21-13-7-9-15-8-5-6-10-17(15)21/h15-18,20H,4-14H2,1-3H3/t15-,16?,17-,18?/m1/s1. The van der Waals surface area contributed by atoms with Gasteiger partial charge in [-0.2, -0.15) is 0 Å². The van der Waals surface area contributed by atoms with Crippen molar-refractivity contribution < 1.29 is 0 Å². The summed E-state index contributed by atoms with van der Waals surface area (Å²) in [6, 6.07) is 1.66. The lowest BCUT2D eigenvalue weighted by molar-refractivity contribution is 0.0424. The summed E-state index contributed by atoms with van der Waals surface area (Å²) in [5.41, 5.74) is 0.489. The van der Waals surface area contributed by atoms with Gasteiger partial charge >= 0.3 is 0 Å². The molecule has 1 saturated heterocycles. The first-order valence-corrected chi connectivity index (χ1v) is 9.59. The lowest BCUT2D eigenvalue weighted by Crippen LogP contribution is -2.51. The first-order valence-electron chi connectivity index (χ1n) is 9.59. The minimum absolute atomic E-state index is 0.489. The highest BCUT2D eigenvalue weighted by Gasteiger charge is 2.43. The molecular weight excluding hydrogens is 256 g/mol. The molecule has 0 radical (unpaired) electrons. The Labute approximate surface area is 132 Å². The van der Waals surface area contributed by atoms with E-state index in [1.165, 1.54) is 64.5 Å². The highest BCUT2D eigenvalue weighted by Crippen LogP contribution is 2.43. The average Bonchev–Trinajstić information content (AvgIpc) is 2.76. The van der Waals surface area contributed by atoms with Gasteiger partial charge in [-0.15, -0.1) is 0 Å². The smallest absolute Gasteiger partial charge is 0.0159 e. The topological polar surface area (TPSA) is 15.3 Å². The fourth-order valence-electron chi connectivity index (χ4n) is 5.63. The fourth-order valence-corrected chi connectivity index (χ4v) is 5.63. The Morgan fingerprint density at radius 1 is 1.05 bits per heavy atom. The Kier molecular flexibility index (Phi) is 4.95. The molecule has 3 fully saturated rings. The molecular formula is C19H36N2.